The van der Waals surface area contributed by atoms with E-state index in [1.165, 1.54) is 18.4 Å². The molecule has 0 amide bonds. The quantitative estimate of drug-likeness (QED) is 0.142. The molecule has 1 aromatic heterocycles. The van der Waals surface area contributed by atoms with Gasteiger partial charge in [0, 0.05) is 16.9 Å². The highest BCUT2D eigenvalue weighted by molar-refractivity contribution is 7.99. The summed E-state index contributed by atoms with van der Waals surface area (Å²) in [6.45, 7) is 4.97. The van der Waals surface area contributed by atoms with Crippen LogP contribution in [0.25, 0.3) is 22.2 Å². The van der Waals surface area contributed by atoms with Crippen molar-refractivity contribution in [1.29, 1.82) is 0 Å². The second kappa shape index (κ2) is 14.8. The molecule has 0 spiro atoms. The summed E-state index contributed by atoms with van der Waals surface area (Å²) in [6, 6.07) is 22.2. The third kappa shape index (κ3) is 7.66. The van der Waals surface area contributed by atoms with Crippen LogP contribution < -0.4 is 4.74 Å². The van der Waals surface area contributed by atoms with Crippen molar-refractivity contribution < 1.29 is 19.2 Å². The van der Waals surface area contributed by atoms with Crippen LogP contribution >= 0.6 is 11.8 Å². The number of carbonyl (C=O) groups is 1. The highest BCUT2D eigenvalue weighted by Gasteiger charge is 2.20. The number of hydrogen-bond acceptors (Lipinski definition) is 5. The van der Waals surface area contributed by atoms with E-state index in [1.54, 1.807) is 11.8 Å². The zero-order valence-corrected chi connectivity index (χ0v) is 23.8. The third-order valence-corrected chi connectivity index (χ3v) is 8.12. The Morgan fingerprint density at radius 1 is 0.974 bits per heavy atom. The maximum Gasteiger partial charge on any atom is 0.311 e. The highest BCUT2D eigenvalue weighted by Crippen LogP contribution is 2.36. The van der Waals surface area contributed by atoms with Gasteiger partial charge in [-0.1, -0.05) is 80.4 Å². The number of aromatic nitrogens is 1. The Balaban J connectivity index is 1.40. The zero-order chi connectivity index (χ0) is 27.5. The van der Waals surface area contributed by atoms with Crippen molar-refractivity contribution in [3.05, 3.63) is 83.4 Å². The van der Waals surface area contributed by atoms with Gasteiger partial charge in [-0.15, -0.1) is 0 Å². The Labute approximate surface area is 235 Å². The number of carboxylic acid groups (broad SMARTS) is 1. The molecule has 1 heterocycles. The van der Waals surface area contributed by atoms with E-state index in [2.05, 4.69) is 55.4 Å². The Bertz CT molecular complexity index is 1330. The second-order valence-electron chi connectivity index (χ2n) is 9.94. The van der Waals surface area contributed by atoms with Crippen LogP contribution in [0.1, 0.15) is 68.6 Å². The number of hydrogen-bond donors (Lipinski definition) is 1. The number of rotatable bonds is 16. The van der Waals surface area contributed by atoms with Gasteiger partial charge in [0.25, 0.3) is 0 Å². The molecule has 0 radical (unpaired) electrons. The van der Waals surface area contributed by atoms with Gasteiger partial charge in [-0.05, 0) is 67.2 Å². The number of nitrogens with zero attached hydrogens (tertiary/aromatic N) is 1. The molecule has 3 aromatic carbocycles. The molecule has 39 heavy (non-hydrogen) atoms. The Morgan fingerprint density at radius 2 is 1.77 bits per heavy atom. The summed E-state index contributed by atoms with van der Waals surface area (Å²) in [5, 5.41) is 15.2. The SMILES string of the molecule is CCCCc1cccc(-c2noc3c(CCCC)c(OCCCSCC(C(=O)O)c4ccccc4)ccc23)c1. The lowest BCUT2D eigenvalue weighted by Gasteiger charge is -2.13. The standard InChI is InChI=1S/C33H39NO4S/c1-3-5-12-24-13-10-16-26(22-24)31-28-18-19-30(27(17-6-4-2)32(28)38-34-31)37-20-11-21-39-23-29(33(35)36)25-14-8-7-9-15-25/h7-10,13-16,18-19,22,29H,3-6,11-12,17,20-21,23H2,1-2H3,(H,35,36). The predicted molar refractivity (Wildman–Crippen MR) is 161 cm³/mol. The summed E-state index contributed by atoms with van der Waals surface area (Å²) in [5.74, 6) is 0.969. The number of carboxylic acids is 1. The van der Waals surface area contributed by atoms with Gasteiger partial charge in [0.1, 0.15) is 11.4 Å². The molecule has 5 nitrogen and oxygen atoms in total. The third-order valence-electron chi connectivity index (χ3n) is 6.98. The van der Waals surface area contributed by atoms with Crippen molar-refractivity contribution >= 4 is 28.7 Å². The summed E-state index contributed by atoms with van der Waals surface area (Å²) >= 11 is 1.66. The van der Waals surface area contributed by atoms with Gasteiger partial charge < -0.3 is 14.4 Å². The molecule has 0 fully saturated rings. The zero-order valence-electron chi connectivity index (χ0n) is 23.0. The number of benzene rings is 3. The molecule has 0 aliphatic rings. The van der Waals surface area contributed by atoms with E-state index < -0.39 is 11.9 Å². The highest BCUT2D eigenvalue weighted by atomic mass is 32.2. The molecule has 0 saturated carbocycles. The average Bonchev–Trinajstić information content (AvgIpc) is 3.39. The van der Waals surface area contributed by atoms with Crippen molar-refractivity contribution in [3.63, 3.8) is 0 Å². The molecule has 6 heteroatoms. The normalized spacial score (nSPS) is 12.1. The summed E-state index contributed by atoms with van der Waals surface area (Å²) in [7, 11) is 0. The molecule has 0 saturated heterocycles. The lowest BCUT2D eigenvalue weighted by atomic mass is 9.99. The van der Waals surface area contributed by atoms with E-state index in [1.807, 2.05) is 30.3 Å². The van der Waals surface area contributed by atoms with Crippen LogP contribution in [-0.2, 0) is 17.6 Å². The van der Waals surface area contributed by atoms with Crippen LogP contribution in [0, 0.1) is 0 Å². The Kier molecular flexibility index (Phi) is 10.9. The van der Waals surface area contributed by atoms with Crippen LogP contribution in [0.15, 0.2) is 71.3 Å². The lowest BCUT2D eigenvalue weighted by molar-refractivity contribution is -0.138. The minimum atomic E-state index is -0.780. The molecule has 1 unspecified atom stereocenters. The van der Waals surface area contributed by atoms with Crippen LogP contribution in [0.2, 0.25) is 0 Å². The van der Waals surface area contributed by atoms with Gasteiger partial charge in [0.05, 0.1) is 17.9 Å². The van der Waals surface area contributed by atoms with Crippen molar-refractivity contribution in [3.8, 4) is 17.0 Å². The van der Waals surface area contributed by atoms with E-state index in [-0.39, 0.29) is 0 Å². The van der Waals surface area contributed by atoms with Crippen molar-refractivity contribution in [1.82, 2.24) is 5.16 Å². The summed E-state index contributed by atoms with van der Waals surface area (Å²) < 4.78 is 12.2. The van der Waals surface area contributed by atoms with Gasteiger partial charge in [0.15, 0.2) is 5.58 Å². The fourth-order valence-corrected chi connectivity index (χ4v) is 5.83. The molecule has 1 atom stereocenters. The lowest BCUT2D eigenvalue weighted by Crippen LogP contribution is -2.14. The van der Waals surface area contributed by atoms with E-state index in [9.17, 15) is 9.90 Å². The van der Waals surface area contributed by atoms with Crippen molar-refractivity contribution in [2.24, 2.45) is 0 Å². The topological polar surface area (TPSA) is 72.6 Å². The molecule has 4 aromatic rings. The van der Waals surface area contributed by atoms with Crippen molar-refractivity contribution in [2.75, 3.05) is 18.1 Å². The number of aliphatic carboxylic acids is 1. The van der Waals surface area contributed by atoms with Crippen LogP contribution in [0.5, 0.6) is 5.75 Å². The first kappa shape index (κ1) is 28.8. The van der Waals surface area contributed by atoms with E-state index in [0.717, 1.165) is 77.0 Å². The minimum absolute atomic E-state index is 0.492. The first-order valence-electron chi connectivity index (χ1n) is 14.1. The van der Waals surface area contributed by atoms with Crippen LogP contribution in [-0.4, -0.2) is 34.3 Å². The number of thioether (sulfide) groups is 1. The van der Waals surface area contributed by atoms with Gasteiger partial charge in [-0.2, -0.15) is 11.8 Å². The van der Waals surface area contributed by atoms with E-state index in [4.69, 9.17) is 9.26 Å². The molecule has 0 aliphatic carbocycles. The molecular formula is C33H39NO4S. The van der Waals surface area contributed by atoms with Gasteiger partial charge in [0.2, 0.25) is 0 Å². The first-order chi connectivity index (χ1) is 19.1. The predicted octanol–water partition coefficient (Wildman–Crippen LogP) is 8.55. The molecule has 206 valence electrons. The first-order valence-corrected chi connectivity index (χ1v) is 15.3. The molecular weight excluding hydrogens is 506 g/mol. The van der Waals surface area contributed by atoms with Gasteiger partial charge >= 0.3 is 5.97 Å². The van der Waals surface area contributed by atoms with Gasteiger partial charge in [-0.3, -0.25) is 4.79 Å². The van der Waals surface area contributed by atoms with Crippen LogP contribution in [0.4, 0.5) is 0 Å². The molecule has 1 N–H and O–H groups in total. The Hall–Kier alpha value is -3.25. The summed E-state index contributed by atoms with van der Waals surface area (Å²) in [4.78, 5) is 11.7. The van der Waals surface area contributed by atoms with E-state index in [0.29, 0.717) is 12.4 Å². The smallest absolute Gasteiger partial charge is 0.311 e. The monoisotopic (exact) mass is 545 g/mol. The second-order valence-corrected chi connectivity index (χ2v) is 11.1. The largest absolute Gasteiger partial charge is 0.493 e. The molecule has 0 aliphatic heterocycles. The maximum atomic E-state index is 11.7. The Morgan fingerprint density at radius 3 is 2.54 bits per heavy atom. The summed E-state index contributed by atoms with van der Waals surface area (Å²) in [6.07, 6.45) is 7.26. The fourth-order valence-electron chi connectivity index (χ4n) is 4.77. The van der Waals surface area contributed by atoms with Gasteiger partial charge in [-0.25, -0.2) is 0 Å². The van der Waals surface area contributed by atoms with Crippen molar-refractivity contribution in [2.45, 2.75) is 64.7 Å². The van der Waals surface area contributed by atoms with E-state index >= 15 is 0 Å². The number of unbranched alkanes of at least 4 members (excludes halogenated alkanes) is 2. The summed E-state index contributed by atoms with van der Waals surface area (Å²) in [5.41, 5.74) is 6.05. The average molecular weight is 546 g/mol. The number of aryl methyl sites for hydroxylation is 2. The molecule has 0 bridgehead atoms. The minimum Gasteiger partial charge on any atom is -0.493 e. The number of fused-ring (bicyclic) bond motifs is 1. The fraction of sp³-hybridized carbons (Fsp3) is 0.394. The number of ether oxygens (including phenoxy) is 1. The maximum absolute atomic E-state index is 11.7. The molecule has 4 rings (SSSR count). The van der Waals surface area contributed by atoms with Crippen LogP contribution in [0.3, 0.4) is 0 Å².